The van der Waals surface area contributed by atoms with Crippen molar-refractivity contribution in [2.45, 2.75) is 66.1 Å². The Kier molecular flexibility index (Phi) is 11.8. The van der Waals surface area contributed by atoms with Gasteiger partial charge in [-0.15, -0.1) is 54.1 Å². The number of hydrogen-bond acceptors (Lipinski definition) is 4. The first-order valence-electron chi connectivity index (χ1n) is 19.8. The number of nitrogens with zero attached hydrogens (tertiary/aromatic N) is 4. The third-order valence-electron chi connectivity index (χ3n) is 10.6. The number of furan rings is 1. The van der Waals surface area contributed by atoms with Crippen LogP contribution in [-0.2, 0) is 20.1 Å². The maximum absolute atomic E-state index is 6.47. The molecule has 4 aromatic heterocycles. The van der Waals surface area contributed by atoms with Crippen molar-refractivity contribution >= 4 is 46.4 Å². The van der Waals surface area contributed by atoms with Crippen molar-refractivity contribution in [2.75, 3.05) is 0 Å². The second kappa shape index (κ2) is 16.8. The Morgan fingerprint density at radius 3 is 2.05 bits per heavy atom. The quantitative estimate of drug-likeness (QED) is 0.118. The van der Waals surface area contributed by atoms with Crippen LogP contribution in [0.4, 0.5) is 0 Å². The predicted octanol–water partition coefficient (Wildman–Crippen LogP) is 13.1. The summed E-state index contributed by atoms with van der Waals surface area (Å²) in [6, 6.07) is 50.7. The topological polar surface area (TPSA) is 56.7 Å². The van der Waals surface area contributed by atoms with Crippen molar-refractivity contribution in [3.05, 3.63) is 163 Å². The van der Waals surface area contributed by atoms with Gasteiger partial charge < -0.3 is 14.0 Å². The Morgan fingerprint density at radius 1 is 0.690 bits per heavy atom. The molecular weight excluding hydrogens is 905 g/mol. The van der Waals surface area contributed by atoms with Gasteiger partial charge in [0.05, 0.1) is 36.0 Å². The van der Waals surface area contributed by atoms with Crippen molar-refractivity contribution in [2.24, 2.45) is 0 Å². The third-order valence-corrected chi connectivity index (χ3v) is 12.6. The first-order valence-corrected chi connectivity index (χ1v) is 23.3. The van der Waals surface area contributed by atoms with Crippen LogP contribution in [0.25, 0.3) is 72.6 Å². The van der Waals surface area contributed by atoms with Crippen molar-refractivity contribution < 1.29 is 24.5 Å². The van der Waals surface area contributed by atoms with Gasteiger partial charge in [-0.1, -0.05) is 107 Å². The fourth-order valence-corrected chi connectivity index (χ4v) is 8.49. The number of aryl methyl sites for hydroxylation is 1. The zero-order chi connectivity index (χ0) is 39.8. The Morgan fingerprint density at radius 2 is 1.40 bits per heavy atom. The van der Waals surface area contributed by atoms with Gasteiger partial charge in [-0.25, -0.2) is 0 Å². The van der Waals surface area contributed by atoms with Crippen LogP contribution in [0.1, 0.15) is 56.4 Å². The number of aromatic nitrogens is 4. The number of imidazole rings is 1. The largest absolute Gasteiger partial charge is 0.499 e. The van der Waals surface area contributed by atoms with E-state index in [1.807, 2.05) is 67.7 Å². The molecule has 0 amide bonds. The molecule has 4 heterocycles. The molecule has 0 N–H and O–H groups in total. The number of fused-ring (bicyclic) bond motifs is 4. The Hall–Kier alpha value is -5.46. The zero-order valence-electron chi connectivity index (χ0n) is 34.4. The Labute approximate surface area is 356 Å². The van der Waals surface area contributed by atoms with Crippen LogP contribution in [0.2, 0.25) is 19.6 Å². The second-order valence-electron chi connectivity index (χ2n) is 16.4. The number of pyridine rings is 2. The summed E-state index contributed by atoms with van der Waals surface area (Å²) < 4.78 is 8.80. The minimum atomic E-state index is -1.23. The monoisotopic (exact) mass is 953 g/mol. The third kappa shape index (κ3) is 8.00. The Balaban J connectivity index is 0.000000254. The average Bonchev–Trinajstić information content (AvgIpc) is 3.79. The summed E-state index contributed by atoms with van der Waals surface area (Å²) in [5, 5.41) is 2.37. The first-order chi connectivity index (χ1) is 27.5. The van der Waals surface area contributed by atoms with Crippen molar-refractivity contribution in [3.8, 4) is 39.5 Å². The van der Waals surface area contributed by atoms with E-state index in [4.69, 9.17) is 14.4 Å². The summed E-state index contributed by atoms with van der Waals surface area (Å²) in [6.07, 6.45) is 2.02. The van der Waals surface area contributed by atoms with E-state index in [0.29, 0.717) is 11.8 Å². The molecule has 0 saturated carbocycles. The van der Waals surface area contributed by atoms with E-state index in [0.717, 1.165) is 61.4 Å². The van der Waals surface area contributed by atoms with Gasteiger partial charge in [0, 0.05) is 37.7 Å². The normalized spacial score (nSPS) is 11.6. The molecule has 0 aliphatic carbocycles. The summed E-state index contributed by atoms with van der Waals surface area (Å²) in [4.78, 5) is 14.5. The summed E-state index contributed by atoms with van der Waals surface area (Å²) in [6.45, 7) is 18.1. The van der Waals surface area contributed by atoms with Gasteiger partial charge in [0.2, 0.25) is 0 Å². The molecule has 9 aromatic rings. The maximum atomic E-state index is 6.47. The first kappa shape index (κ1) is 40.7. The predicted molar refractivity (Wildman–Crippen MR) is 240 cm³/mol. The molecule has 0 atom stereocenters. The fraction of sp³-hybridized carbons (Fsp3) is 0.196. The molecule has 0 aliphatic rings. The molecule has 58 heavy (non-hydrogen) atoms. The van der Waals surface area contributed by atoms with Gasteiger partial charge in [0.25, 0.3) is 0 Å². The fourth-order valence-electron chi connectivity index (χ4n) is 7.46. The number of para-hydroxylation sites is 2. The van der Waals surface area contributed by atoms with Gasteiger partial charge in [0.1, 0.15) is 5.58 Å². The van der Waals surface area contributed by atoms with E-state index in [9.17, 15) is 0 Å². The average molecular weight is 953 g/mol. The molecule has 7 heteroatoms. The Bertz CT molecular complexity index is 2810. The van der Waals surface area contributed by atoms with Crippen molar-refractivity contribution in [1.82, 2.24) is 19.5 Å². The van der Waals surface area contributed by atoms with E-state index in [1.165, 1.54) is 33.1 Å². The molecule has 0 saturated heterocycles. The summed E-state index contributed by atoms with van der Waals surface area (Å²) in [5.41, 5.74) is 14.5. The minimum Gasteiger partial charge on any atom is -0.499 e. The molecule has 1 radical (unpaired) electrons. The van der Waals surface area contributed by atoms with Gasteiger partial charge in [0.15, 0.2) is 0 Å². The molecule has 0 fully saturated rings. The number of benzene rings is 5. The van der Waals surface area contributed by atoms with Gasteiger partial charge >= 0.3 is 0 Å². The van der Waals surface area contributed by atoms with Crippen LogP contribution in [0.5, 0.6) is 0 Å². The SMILES string of the molecule is C[Si](C)(C)c1ccc(-c2[c-]cccc2)nc1.Cc1ccc2oc3c(-c4nc5ccccc5n4-c4c(C(C)C)cc(-c5ccccc5)cc4C(C)C)[c-]ccc3c2n1.[Ir]. The van der Waals surface area contributed by atoms with E-state index in [2.05, 4.69) is 142 Å². The van der Waals surface area contributed by atoms with Crippen molar-refractivity contribution in [3.63, 3.8) is 0 Å². The summed E-state index contributed by atoms with van der Waals surface area (Å²) in [7, 11) is -1.23. The standard InChI is InChI=1S/C37H32N3O.C14H16NSi.Ir/c1-22(2)29-20-26(25-12-7-6-8-13-25)21-30(23(3)4)35(29)40-32-17-10-9-16-31(32)39-37(40)28-15-11-14-27-34-33(41-36(27)28)19-18-24(5)38-34;1-16(2,3)13-9-10-14(15-11-13)12-7-5-4-6-8-12;/h6-14,16-23H,1-5H3;4-7,9-11H,1-3H3;/q2*-1;. The molecule has 9 rings (SSSR count). The molecule has 0 aliphatic heterocycles. The molecule has 0 spiro atoms. The molecule has 293 valence electrons. The smallest absolute Gasteiger partial charge is 0.139 e. The van der Waals surface area contributed by atoms with Crippen molar-refractivity contribution in [1.29, 1.82) is 0 Å². The van der Waals surface area contributed by atoms with E-state index in [1.54, 1.807) is 0 Å². The molecule has 0 bridgehead atoms. The van der Waals surface area contributed by atoms with Crippen LogP contribution in [-0.4, -0.2) is 27.6 Å². The summed E-state index contributed by atoms with van der Waals surface area (Å²) in [5.74, 6) is 1.40. The molecular formula is C51H48IrN4OSi-2. The minimum absolute atomic E-state index is 0. The summed E-state index contributed by atoms with van der Waals surface area (Å²) >= 11 is 0. The molecule has 0 unspecified atom stereocenters. The van der Waals surface area contributed by atoms with E-state index in [-0.39, 0.29) is 20.1 Å². The molecule has 5 aromatic carbocycles. The van der Waals surface area contributed by atoms with Gasteiger partial charge in [-0.3, -0.25) is 9.97 Å². The van der Waals surface area contributed by atoms with Crippen LogP contribution in [0.3, 0.4) is 0 Å². The number of rotatable bonds is 7. The van der Waals surface area contributed by atoms with Gasteiger partial charge in [-0.05, 0) is 93.7 Å². The van der Waals surface area contributed by atoms with Crippen LogP contribution >= 0.6 is 0 Å². The van der Waals surface area contributed by atoms with E-state index < -0.39 is 8.07 Å². The maximum Gasteiger partial charge on any atom is 0.139 e. The number of hydrogen-bond donors (Lipinski definition) is 0. The van der Waals surface area contributed by atoms with Crippen LogP contribution < -0.4 is 5.19 Å². The van der Waals surface area contributed by atoms with Crippen LogP contribution in [0, 0.1) is 19.1 Å². The second-order valence-corrected chi connectivity index (χ2v) is 21.5. The van der Waals surface area contributed by atoms with Gasteiger partial charge in [-0.2, -0.15) is 0 Å². The zero-order valence-corrected chi connectivity index (χ0v) is 37.8. The molecule has 5 nitrogen and oxygen atoms in total. The van der Waals surface area contributed by atoms with E-state index >= 15 is 0 Å². The van der Waals surface area contributed by atoms with Crippen LogP contribution in [0.15, 0.2) is 138 Å².